The molecule has 40 heavy (non-hydrogen) atoms. The van der Waals surface area contributed by atoms with Gasteiger partial charge >= 0.3 is 6.03 Å². The number of para-hydroxylation sites is 1. The van der Waals surface area contributed by atoms with Crippen LogP contribution >= 0.6 is 0 Å². The zero-order valence-electron chi connectivity index (χ0n) is 22.7. The summed E-state index contributed by atoms with van der Waals surface area (Å²) in [5.41, 5.74) is 1.18. The first-order chi connectivity index (χ1) is 19.1. The molecule has 11 heteroatoms. The second-order valence-electron chi connectivity index (χ2n) is 9.88. The first-order valence-electron chi connectivity index (χ1n) is 13.0. The van der Waals surface area contributed by atoms with Crippen molar-refractivity contribution >= 4 is 33.3 Å². The summed E-state index contributed by atoms with van der Waals surface area (Å²) in [6.45, 7) is 3.64. The fourth-order valence-electron chi connectivity index (χ4n) is 4.46. The maximum Gasteiger partial charge on any atom is 0.323 e. The standard InChI is InChI=1S/C29H34N4O6S/c1-20-17-33(21(2)19-34)28(35)25-16-23(31-29(36)30-22-10-6-4-7-11-22)14-15-26(25)39-27(20)18-32(3)40(37,38)24-12-8-5-9-13-24/h4-16,20-21,27,34H,17-19H2,1-3H3,(H2,30,31,36)/t20-,21-,27-/m0/s1. The molecule has 0 spiro atoms. The third-order valence-corrected chi connectivity index (χ3v) is 8.68. The van der Waals surface area contributed by atoms with Crippen molar-refractivity contribution in [1.29, 1.82) is 0 Å². The molecule has 0 aliphatic carbocycles. The third-order valence-electron chi connectivity index (χ3n) is 6.84. The Morgan fingerprint density at radius 3 is 2.33 bits per heavy atom. The first kappa shape index (κ1) is 29.1. The summed E-state index contributed by atoms with van der Waals surface area (Å²) in [6.07, 6.45) is -0.607. The van der Waals surface area contributed by atoms with Gasteiger partial charge in [0.1, 0.15) is 11.9 Å². The van der Waals surface area contributed by atoms with Crippen LogP contribution in [0.15, 0.2) is 83.8 Å². The number of likely N-dealkylation sites (N-methyl/N-ethyl adjacent to an activating group) is 1. The Balaban J connectivity index is 1.62. The largest absolute Gasteiger partial charge is 0.488 e. The van der Waals surface area contributed by atoms with E-state index in [9.17, 15) is 23.1 Å². The number of urea groups is 1. The van der Waals surface area contributed by atoms with Gasteiger partial charge in [0.05, 0.1) is 29.7 Å². The maximum atomic E-state index is 13.6. The molecular weight excluding hydrogens is 532 g/mol. The van der Waals surface area contributed by atoms with Gasteiger partial charge in [0.15, 0.2) is 0 Å². The molecule has 212 valence electrons. The van der Waals surface area contributed by atoms with Gasteiger partial charge in [0.2, 0.25) is 10.0 Å². The van der Waals surface area contributed by atoms with E-state index in [1.54, 1.807) is 66.4 Å². The number of nitrogens with zero attached hydrogens (tertiary/aromatic N) is 2. The fourth-order valence-corrected chi connectivity index (χ4v) is 5.66. The lowest BCUT2D eigenvalue weighted by atomic mass is 9.99. The molecule has 0 bridgehead atoms. The molecule has 0 saturated carbocycles. The van der Waals surface area contributed by atoms with Crippen LogP contribution in [-0.2, 0) is 10.0 Å². The summed E-state index contributed by atoms with van der Waals surface area (Å²) >= 11 is 0. The highest BCUT2D eigenvalue weighted by Gasteiger charge is 2.35. The van der Waals surface area contributed by atoms with E-state index < -0.39 is 28.2 Å². The Morgan fingerprint density at radius 1 is 1.05 bits per heavy atom. The quantitative estimate of drug-likeness (QED) is 0.380. The number of benzene rings is 3. The van der Waals surface area contributed by atoms with Crippen LogP contribution in [0, 0.1) is 5.92 Å². The van der Waals surface area contributed by atoms with E-state index in [0.717, 1.165) is 0 Å². The molecule has 10 nitrogen and oxygen atoms in total. The SMILES string of the molecule is C[C@H]1CN([C@@H](C)CO)C(=O)c2cc(NC(=O)Nc3ccccc3)ccc2O[C@H]1CN(C)S(=O)(=O)c1ccccc1. The van der Waals surface area contributed by atoms with Crippen molar-refractivity contribution in [3.05, 3.63) is 84.4 Å². The smallest absolute Gasteiger partial charge is 0.323 e. The third kappa shape index (κ3) is 6.61. The number of anilines is 2. The molecular formula is C29H34N4O6S. The summed E-state index contributed by atoms with van der Waals surface area (Å²) in [7, 11) is -2.28. The van der Waals surface area contributed by atoms with Gasteiger partial charge in [0.25, 0.3) is 5.91 Å². The van der Waals surface area contributed by atoms with Crippen molar-refractivity contribution in [2.75, 3.05) is 37.4 Å². The van der Waals surface area contributed by atoms with Crippen LogP contribution in [0.5, 0.6) is 5.75 Å². The van der Waals surface area contributed by atoms with Gasteiger partial charge in [0, 0.05) is 30.9 Å². The van der Waals surface area contributed by atoms with E-state index >= 15 is 0 Å². The number of ether oxygens (including phenoxy) is 1. The predicted molar refractivity (Wildman–Crippen MR) is 153 cm³/mol. The topological polar surface area (TPSA) is 128 Å². The summed E-state index contributed by atoms with van der Waals surface area (Å²) in [4.78, 5) is 27.9. The van der Waals surface area contributed by atoms with E-state index in [2.05, 4.69) is 10.6 Å². The average molecular weight is 567 g/mol. The summed E-state index contributed by atoms with van der Waals surface area (Å²) in [5, 5.41) is 15.3. The van der Waals surface area contributed by atoms with E-state index in [-0.39, 0.29) is 47.7 Å². The highest BCUT2D eigenvalue weighted by molar-refractivity contribution is 7.89. The lowest BCUT2D eigenvalue weighted by Gasteiger charge is -2.38. The molecule has 4 rings (SSSR count). The molecule has 1 heterocycles. The number of sulfonamides is 1. The average Bonchev–Trinajstić information content (AvgIpc) is 2.95. The van der Waals surface area contributed by atoms with Crippen LogP contribution in [0.3, 0.4) is 0 Å². The molecule has 3 aromatic carbocycles. The fraction of sp³-hybridized carbons (Fsp3) is 0.310. The number of carbonyl (C=O) groups excluding carboxylic acids is 2. The molecule has 0 saturated heterocycles. The Kier molecular flexibility index (Phi) is 9.08. The van der Waals surface area contributed by atoms with Gasteiger partial charge in [-0.25, -0.2) is 13.2 Å². The summed E-state index contributed by atoms with van der Waals surface area (Å²) < 4.78 is 33.9. The van der Waals surface area contributed by atoms with Crippen molar-refractivity contribution in [2.45, 2.75) is 30.9 Å². The van der Waals surface area contributed by atoms with Gasteiger partial charge in [-0.3, -0.25) is 4.79 Å². The molecule has 1 aliphatic heterocycles. The van der Waals surface area contributed by atoms with Crippen LogP contribution in [0.1, 0.15) is 24.2 Å². The molecule has 1 aliphatic rings. The van der Waals surface area contributed by atoms with E-state index in [4.69, 9.17) is 4.74 Å². The second-order valence-corrected chi connectivity index (χ2v) is 11.9. The molecule has 0 aromatic heterocycles. The normalized spacial score (nSPS) is 18.2. The second kappa shape index (κ2) is 12.5. The minimum Gasteiger partial charge on any atom is -0.488 e. The lowest BCUT2D eigenvalue weighted by molar-refractivity contribution is 0.0387. The highest BCUT2D eigenvalue weighted by Crippen LogP contribution is 2.31. The molecule has 3 aromatic rings. The van der Waals surface area contributed by atoms with Crippen molar-refractivity contribution < 1.29 is 27.9 Å². The van der Waals surface area contributed by atoms with E-state index in [1.165, 1.54) is 29.6 Å². The minimum absolute atomic E-state index is 0.0346. The number of aliphatic hydroxyl groups excluding tert-OH is 1. The summed E-state index contributed by atoms with van der Waals surface area (Å²) in [6, 6.07) is 20.8. The van der Waals surface area contributed by atoms with E-state index in [1.807, 2.05) is 13.0 Å². The first-order valence-corrected chi connectivity index (χ1v) is 14.4. The number of fused-ring (bicyclic) bond motifs is 1. The number of hydrogen-bond acceptors (Lipinski definition) is 6. The Hall–Kier alpha value is -3.93. The van der Waals surface area contributed by atoms with Crippen LogP contribution in [0.25, 0.3) is 0 Å². The molecule has 0 fully saturated rings. The van der Waals surface area contributed by atoms with E-state index in [0.29, 0.717) is 11.4 Å². The zero-order chi connectivity index (χ0) is 28.9. The van der Waals surface area contributed by atoms with Gasteiger partial charge in [-0.2, -0.15) is 4.31 Å². The van der Waals surface area contributed by atoms with Crippen molar-refractivity contribution in [2.24, 2.45) is 5.92 Å². The Labute approximate surface area is 234 Å². The van der Waals surface area contributed by atoms with Gasteiger partial charge in [-0.15, -0.1) is 0 Å². The molecule has 0 unspecified atom stereocenters. The minimum atomic E-state index is -3.77. The van der Waals surface area contributed by atoms with Gasteiger partial charge < -0.3 is 25.4 Å². The van der Waals surface area contributed by atoms with Gasteiger partial charge in [-0.05, 0) is 49.4 Å². The molecule has 3 N–H and O–H groups in total. The van der Waals surface area contributed by atoms with Crippen molar-refractivity contribution in [3.8, 4) is 5.75 Å². The molecule has 3 atom stereocenters. The predicted octanol–water partition coefficient (Wildman–Crippen LogP) is 3.87. The number of carbonyl (C=O) groups is 2. The maximum absolute atomic E-state index is 13.6. The van der Waals surface area contributed by atoms with Crippen LogP contribution < -0.4 is 15.4 Å². The Bertz CT molecular complexity index is 1440. The lowest BCUT2D eigenvalue weighted by Crippen LogP contribution is -2.50. The summed E-state index contributed by atoms with van der Waals surface area (Å²) in [5.74, 6) is -0.371. The van der Waals surface area contributed by atoms with Crippen molar-refractivity contribution in [1.82, 2.24) is 9.21 Å². The highest BCUT2D eigenvalue weighted by atomic mass is 32.2. The number of rotatable bonds is 8. The number of amides is 3. The van der Waals surface area contributed by atoms with Crippen molar-refractivity contribution in [3.63, 3.8) is 0 Å². The number of hydrogen-bond donors (Lipinski definition) is 3. The van der Waals surface area contributed by atoms with Crippen LogP contribution in [0.2, 0.25) is 0 Å². The van der Waals surface area contributed by atoms with Crippen LogP contribution in [-0.4, -0.2) is 73.6 Å². The monoisotopic (exact) mass is 566 g/mol. The zero-order valence-corrected chi connectivity index (χ0v) is 23.5. The molecule has 0 radical (unpaired) electrons. The number of nitrogens with one attached hydrogen (secondary N) is 2. The van der Waals surface area contributed by atoms with Crippen LogP contribution in [0.4, 0.5) is 16.2 Å². The number of aliphatic hydroxyl groups is 1. The molecule has 3 amide bonds. The van der Waals surface area contributed by atoms with Gasteiger partial charge in [-0.1, -0.05) is 43.3 Å². The Morgan fingerprint density at radius 2 is 1.68 bits per heavy atom.